The zero-order valence-corrected chi connectivity index (χ0v) is 10.3. The molecular formula is C11H17ClN2O2. The summed E-state index contributed by atoms with van der Waals surface area (Å²) in [6, 6.07) is 5.22. The van der Waals surface area contributed by atoms with Gasteiger partial charge >= 0.3 is 0 Å². The highest BCUT2D eigenvalue weighted by atomic mass is 35.5. The molecule has 5 heteroatoms. The van der Waals surface area contributed by atoms with Crippen molar-refractivity contribution < 1.29 is 9.53 Å². The second-order valence-corrected chi connectivity index (χ2v) is 3.32. The molecule has 0 spiro atoms. The lowest BCUT2D eigenvalue weighted by atomic mass is 10.1. The molecule has 0 aliphatic carbocycles. The Kier molecular flexibility index (Phi) is 6.53. The van der Waals surface area contributed by atoms with E-state index in [9.17, 15) is 4.79 Å². The molecule has 1 rings (SSSR count). The molecule has 0 atom stereocenters. The SMILES string of the molecule is COCCNC(=O)c1ccc(N)c(C)c1.Cl. The van der Waals surface area contributed by atoms with E-state index in [-0.39, 0.29) is 18.3 Å². The van der Waals surface area contributed by atoms with Crippen LogP contribution < -0.4 is 11.1 Å². The number of carbonyl (C=O) groups is 1. The Hall–Kier alpha value is -1.26. The maximum atomic E-state index is 11.6. The first-order valence-electron chi connectivity index (χ1n) is 4.78. The summed E-state index contributed by atoms with van der Waals surface area (Å²) in [5.74, 6) is -0.102. The fraction of sp³-hybridized carbons (Fsp3) is 0.364. The molecule has 0 radical (unpaired) electrons. The summed E-state index contributed by atoms with van der Waals surface area (Å²) < 4.78 is 4.84. The monoisotopic (exact) mass is 244 g/mol. The van der Waals surface area contributed by atoms with Gasteiger partial charge in [-0.25, -0.2) is 0 Å². The number of methoxy groups -OCH3 is 1. The van der Waals surface area contributed by atoms with Gasteiger partial charge in [0.25, 0.3) is 5.91 Å². The number of hydrogen-bond donors (Lipinski definition) is 2. The van der Waals surface area contributed by atoms with Crippen molar-refractivity contribution in [1.29, 1.82) is 0 Å². The van der Waals surface area contributed by atoms with E-state index < -0.39 is 0 Å². The van der Waals surface area contributed by atoms with Gasteiger partial charge in [-0.05, 0) is 30.7 Å². The van der Waals surface area contributed by atoms with Gasteiger partial charge in [0, 0.05) is 24.9 Å². The summed E-state index contributed by atoms with van der Waals surface area (Å²) in [4.78, 5) is 11.6. The number of anilines is 1. The number of nitrogen functional groups attached to an aromatic ring is 1. The third kappa shape index (κ3) is 4.08. The van der Waals surface area contributed by atoms with Crippen LogP contribution in [0.4, 0.5) is 5.69 Å². The molecule has 0 fully saturated rings. The number of halogens is 1. The molecular weight excluding hydrogens is 228 g/mol. The number of nitrogens with two attached hydrogens (primary N) is 1. The predicted octanol–water partition coefficient (Wildman–Crippen LogP) is 1.38. The van der Waals surface area contributed by atoms with Gasteiger partial charge in [-0.1, -0.05) is 0 Å². The summed E-state index contributed by atoms with van der Waals surface area (Å²) in [5.41, 5.74) is 7.89. The van der Waals surface area contributed by atoms with Crippen molar-refractivity contribution >= 4 is 24.0 Å². The van der Waals surface area contributed by atoms with Crippen LogP contribution in [0.5, 0.6) is 0 Å². The zero-order valence-electron chi connectivity index (χ0n) is 9.45. The average molecular weight is 245 g/mol. The molecule has 0 aliphatic rings. The average Bonchev–Trinajstić information content (AvgIpc) is 2.22. The highest BCUT2D eigenvalue weighted by molar-refractivity contribution is 5.94. The Morgan fingerprint density at radius 3 is 2.75 bits per heavy atom. The molecule has 90 valence electrons. The minimum absolute atomic E-state index is 0. The molecule has 1 amide bonds. The molecule has 0 unspecified atom stereocenters. The van der Waals surface area contributed by atoms with Gasteiger partial charge in [0.15, 0.2) is 0 Å². The first kappa shape index (κ1) is 14.7. The van der Waals surface area contributed by atoms with Gasteiger partial charge in [-0.2, -0.15) is 0 Å². The Bertz CT molecular complexity index is 356. The van der Waals surface area contributed by atoms with Crippen molar-refractivity contribution in [1.82, 2.24) is 5.32 Å². The van der Waals surface area contributed by atoms with Crippen molar-refractivity contribution in [3.8, 4) is 0 Å². The van der Waals surface area contributed by atoms with Crippen LogP contribution >= 0.6 is 12.4 Å². The van der Waals surface area contributed by atoms with E-state index in [2.05, 4.69) is 5.32 Å². The van der Waals surface area contributed by atoms with Gasteiger partial charge in [0.05, 0.1) is 6.61 Å². The fourth-order valence-corrected chi connectivity index (χ4v) is 1.19. The number of aryl methyl sites for hydroxylation is 1. The van der Waals surface area contributed by atoms with Crippen LogP contribution in [0, 0.1) is 6.92 Å². The molecule has 0 saturated carbocycles. The zero-order chi connectivity index (χ0) is 11.3. The third-order valence-electron chi connectivity index (χ3n) is 2.12. The maximum Gasteiger partial charge on any atom is 0.251 e. The van der Waals surface area contributed by atoms with Crippen LogP contribution in [0.3, 0.4) is 0 Å². The van der Waals surface area contributed by atoms with Crippen molar-refractivity contribution in [2.75, 3.05) is 26.0 Å². The molecule has 1 aromatic carbocycles. The lowest BCUT2D eigenvalue weighted by Crippen LogP contribution is -2.26. The lowest BCUT2D eigenvalue weighted by Gasteiger charge is -2.06. The Balaban J connectivity index is 0.00000225. The summed E-state index contributed by atoms with van der Waals surface area (Å²) in [6.07, 6.45) is 0. The highest BCUT2D eigenvalue weighted by Crippen LogP contribution is 2.12. The molecule has 3 N–H and O–H groups in total. The minimum atomic E-state index is -0.102. The van der Waals surface area contributed by atoms with Crippen LogP contribution in [0.15, 0.2) is 18.2 Å². The summed E-state index contributed by atoms with van der Waals surface area (Å²) in [7, 11) is 1.60. The Labute approximate surface area is 102 Å². The van der Waals surface area contributed by atoms with Crippen LogP contribution in [0.25, 0.3) is 0 Å². The first-order valence-corrected chi connectivity index (χ1v) is 4.78. The van der Waals surface area contributed by atoms with Gasteiger partial charge in [-0.3, -0.25) is 4.79 Å². The van der Waals surface area contributed by atoms with Crippen LogP contribution in [0.2, 0.25) is 0 Å². The lowest BCUT2D eigenvalue weighted by molar-refractivity contribution is 0.0937. The number of hydrogen-bond acceptors (Lipinski definition) is 3. The molecule has 0 aromatic heterocycles. The van der Waals surface area contributed by atoms with E-state index in [0.717, 1.165) is 5.56 Å². The van der Waals surface area contributed by atoms with E-state index in [1.54, 1.807) is 25.3 Å². The van der Waals surface area contributed by atoms with Crippen LogP contribution in [0.1, 0.15) is 15.9 Å². The van der Waals surface area contributed by atoms with Crippen LogP contribution in [-0.4, -0.2) is 26.2 Å². The van der Waals surface area contributed by atoms with E-state index in [1.165, 1.54) is 0 Å². The number of ether oxygens (including phenoxy) is 1. The normalized spacial score (nSPS) is 9.38. The second kappa shape index (κ2) is 7.09. The van der Waals surface area contributed by atoms with Gasteiger partial charge in [-0.15, -0.1) is 12.4 Å². The van der Waals surface area contributed by atoms with E-state index in [0.29, 0.717) is 24.4 Å². The molecule has 0 bridgehead atoms. The first-order chi connectivity index (χ1) is 7.15. The van der Waals surface area contributed by atoms with Crippen molar-refractivity contribution in [2.45, 2.75) is 6.92 Å². The summed E-state index contributed by atoms with van der Waals surface area (Å²) in [6.45, 7) is 2.90. The smallest absolute Gasteiger partial charge is 0.251 e. The van der Waals surface area contributed by atoms with Crippen molar-refractivity contribution in [2.24, 2.45) is 0 Å². The molecule has 16 heavy (non-hydrogen) atoms. The quantitative estimate of drug-likeness (QED) is 0.621. The van der Waals surface area contributed by atoms with Crippen LogP contribution in [-0.2, 0) is 4.74 Å². The van der Waals surface area contributed by atoms with Crippen molar-refractivity contribution in [3.63, 3.8) is 0 Å². The predicted molar refractivity (Wildman–Crippen MR) is 67.0 cm³/mol. The molecule has 0 saturated heterocycles. The van der Waals surface area contributed by atoms with Gasteiger partial charge < -0.3 is 15.8 Å². The summed E-state index contributed by atoms with van der Waals surface area (Å²) in [5, 5.41) is 2.74. The standard InChI is InChI=1S/C11H16N2O2.ClH/c1-8-7-9(3-4-10(8)12)11(14)13-5-6-15-2;/h3-4,7H,5-6,12H2,1-2H3,(H,13,14);1H. The maximum absolute atomic E-state index is 11.6. The molecule has 1 aromatic rings. The number of amides is 1. The topological polar surface area (TPSA) is 64.3 Å². The van der Waals surface area contributed by atoms with Crippen molar-refractivity contribution in [3.05, 3.63) is 29.3 Å². The number of benzene rings is 1. The molecule has 0 aliphatic heterocycles. The van der Waals surface area contributed by atoms with E-state index >= 15 is 0 Å². The second-order valence-electron chi connectivity index (χ2n) is 3.32. The number of carbonyl (C=O) groups excluding carboxylic acids is 1. The third-order valence-corrected chi connectivity index (χ3v) is 2.12. The largest absolute Gasteiger partial charge is 0.399 e. The number of rotatable bonds is 4. The van der Waals surface area contributed by atoms with Gasteiger partial charge in [0.2, 0.25) is 0 Å². The van der Waals surface area contributed by atoms with Gasteiger partial charge in [0.1, 0.15) is 0 Å². The van der Waals surface area contributed by atoms with E-state index in [1.807, 2.05) is 6.92 Å². The van der Waals surface area contributed by atoms with E-state index in [4.69, 9.17) is 10.5 Å². The fourth-order valence-electron chi connectivity index (χ4n) is 1.19. The minimum Gasteiger partial charge on any atom is -0.399 e. The Morgan fingerprint density at radius 2 is 2.19 bits per heavy atom. The Morgan fingerprint density at radius 1 is 1.50 bits per heavy atom. The molecule has 0 heterocycles. The summed E-state index contributed by atoms with van der Waals surface area (Å²) >= 11 is 0. The number of nitrogens with one attached hydrogen (secondary N) is 1. The highest BCUT2D eigenvalue weighted by Gasteiger charge is 2.05. The molecule has 4 nitrogen and oxygen atoms in total.